The van der Waals surface area contributed by atoms with E-state index in [2.05, 4.69) is 36.4 Å². The lowest BCUT2D eigenvalue weighted by Gasteiger charge is -2.23. The Morgan fingerprint density at radius 3 is 2.07 bits per heavy atom. The molecular formula is C24H21NO2. The average Bonchev–Trinajstić information content (AvgIpc) is 3.09. The fraction of sp³-hybridized carbons (Fsp3) is 0.167. The Balaban J connectivity index is 1.51. The third-order valence-electron chi connectivity index (χ3n) is 5.10. The van der Waals surface area contributed by atoms with Crippen molar-refractivity contribution in [1.29, 1.82) is 0 Å². The van der Waals surface area contributed by atoms with Crippen LogP contribution in [0.1, 0.15) is 28.8 Å². The van der Waals surface area contributed by atoms with Crippen molar-refractivity contribution in [3.8, 4) is 11.1 Å². The Labute approximate surface area is 159 Å². The molecule has 1 saturated heterocycles. The molecule has 0 N–H and O–H groups in total. The third-order valence-corrected chi connectivity index (χ3v) is 5.10. The first-order valence-electron chi connectivity index (χ1n) is 9.28. The van der Waals surface area contributed by atoms with Crippen LogP contribution in [0.3, 0.4) is 0 Å². The van der Waals surface area contributed by atoms with Gasteiger partial charge in [-0.05, 0) is 41.7 Å². The van der Waals surface area contributed by atoms with Crippen LogP contribution in [-0.4, -0.2) is 22.8 Å². The van der Waals surface area contributed by atoms with Gasteiger partial charge in [0.15, 0.2) is 0 Å². The number of imide groups is 1. The normalized spacial score (nSPS) is 16.5. The highest BCUT2D eigenvalue weighted by atomic mass is 16.2. The number of hydrogen-bond acceptors (Lipinski definition) is 2. The Bertz CT molecular complexity index is 933. The van der Waals surface area contributed by atoms with Crippen molar-refractivity contribution in [2.75, 3.05) is 0 Å². The maximum Gasteiger partial charge on any atom is 0.260 e. The van der Waals surface area contributed by atoms with E-state index in [1.165, 1.54) is 16.0 Å². The molecule has 0 aromatic heterocycles. The molecule has 0 radical (unpaired) electrons. The van der Waals surface area contributed by atoms with Crippen LogP contribution >= 0.6 is 0 Å². The van der Waals surface area contributed by atoms with E-state index in [0.29, 0.717) is 18.4 Å². The average molecular weight is 355 g/mol. The molecule has 3 aromatic rings. The zero-order valence-electron chi connectivity index (χ0n) is 15.0. The summed E-state index contributed by atoms with van der Waals surface area (Å²) < 4.78 is 0. The molecule has 1 fully saturated rings. The molecule has 1 aliphatic rings. The van der Waals surface area contributed by atoms with Crippen molar-refractivity contribution < 1.29 is 9.59 Å². The Hall–Kier alpha value is -3.20. The van der Waals surface area contributed by atoms with Gasteiger partial charge >= 0.3 is 0 Å². The molecular weight excluding hydrogens is 334 g/mol. The Morgan fingerprint density at radius 2 is 1.41 bits per heavy atom. The van der Waals surface area contributed by atoms with Crippen LogP contribution in [0, 0.1) is 0 Å². The summed E-state index contributed by atoms with van der Waals surface area (Å²) in [6.07, 6.45) is 1.85. The van der Waals surface area contributed by atoms with E-state index in [4.69, 9.17) is 0 Å². The topological polar surface area (TPSA) is 37.4 Å². The summed E-state index contributed by atoms with van der Waals surface area (Å²) in [6.45, 7) is 0. The summed E-state index contributed by atoms with van der Waals surface area (Å²) in [4.78, 5) is 26.6. The number of hydrogen-bond donors (Lipinski definition) is 0. The highest BCUT2D eigenvalue weighted by Gasteiger charge is 2.36. The summed E-state index contributed by atoms with van der Waals surface area (Å²) in [6, 6.07) is 27.6. The van der Waals surface area contributed by atoms with Crippen molar-refractivity contribution in [3.63, 3.8) is 0 Å². The number of carbonyl (C=O) groups excluding carboxylic acids is 2. The minimum absolute atomic E-state index is 0.0743. The monoisotopic (exact) mass is 355 g/mol. The molecule has 0 bridgehead atoms. The van der Waals surface area contributed by atoms with E-state index in [1.54, 1.807) is 12.1 Å². The fourth-order valence-electron chi connectivity index (χ4n) is 3.67. The van der Waals surface area contributed by atoms with Crippen LogP contribution in [0.2, 0.25) is 0 Å². The first kappa shape index (κ1) is 17.2. The van der Waals surface area contributed by atoms with Crippen LogP contribution in [0.4, 0.5) is 0 Å². The highest BCUT2D eigenvalue weighted by molar-refractivity contribution is 6.06. The van der Waals surface area contributed by atoms with Gasteiger partial charge in [0.1, 0.15) is 0 Å². The fourth-order valence-corrected chi connectivity index (χ4v) is 3.67. The van der Waals surface area contributed by atoms with Crippen molar-refractivity contribution in [2.24, 2.45) is 0 Å². The SMILES string of the molecule is O=C1CCC(Cc2ccc(-c3ccccc3)cc2)N1C(=O)c1ccccc1. The lowest BCUT2D eigenvalue weighted by atomic mass is 9.99. The minimum Gasteiger partial charge on any atom is -0.275 e. The van der Waals surface area contributed by atoms with E-state index >= 15 is 0 Å². The van der Waals surface area contributed by atoms with Crippen LogP contribution in [0.15, 0.2) is 84.9 Å². The van der Waals surface area contributed by atoms with E-state index in [9.17, 15) is 9.59 Å². The molecule has 134 valence electrons. The molecule has 0 saturated carbocycles. The number of likely N-dealkylation sites (tertiary alicyclic amines) is 1. The molecule has 3 aromatic carbocycles. The van der Waals surface area contributed by atoms with Crippen LogP contribution in [0.25, 0.3) is 11.1 Å². The van der Waals surface area contributed by atoms with Crippen LogP contribution < -0.4 is 0 Å². The molecule has 27 heavy (non-hydrogen) atoms. The molecule has 1 unspecified atom stereocenters. The summed E-state index contributed by atoms with van der Waals surface area (Å²) in [7, 11) is 0. The molecule has 4 rings (SSSR count). The lowest BCUT2D eigenvalue weighted by Crippen LogP contribution is -2.39. The summed E-state index contributed by atoms with van der Waals surface area (Å²) in [5.41, 5.74) is 4.05. The van der Waals surface area contributed by atoms with Crippen LogP contribution in [0.5, 0.6) is 0 Å². The van der Waals surface area contributed by atoms with Gasteiger partial charge in [0, 0.05) is 18.0 Å². The van der Waals surface area contributed by atoms with Crippen molar-refractivity contribution in [3.05, 3.63) is 96.1 Å². The quantitative estimate of drug-likeness (QED) is 0.635. The van der Waals surface area contributed by atoms with Gasteiger partial charge in [0.25, 0.3) is 5.91 Å². The Kier molecular flexibility index (Phi) is 4.84. The predicted octanol–water partition coefficient (Wildman–Crippen LogP) is 4.73. The smallest absolute Gasteiger partial charge is 0.260 e. The molecule has 1 atom stereocenters. The molecule has 1 aliphatic heterocycles. The largest absolute Gasteiger partial charge is 0.275 e. The third kappa shape index (κ3) is 3.68. The van der Waals surface area contributed by atoms with Crippen molar-refractivity contribution in [1.82, 2.24) is 4.90 Å². The molecule has 3 heteroatoms. The zero-order valence-corrected chi connectivity index (χ0v) is 15.0. The number of nitrogens with zero attached hydrogens (tertiary/aromatic N) is 1. The molecule has 0 aliphatic carbocycles. The van der Waals surface area contributed by atoms with E-state index in [1.807, 2.05) is 36.4 Å². The molecule has 1 heterocycles. The second kappa shape index (κ2) is 7.58. The first-order valence-corrected chi connectivity index (χ1v) is 9.28. The zero-order chi connectivity index (χ0) is 18.6. The van der Waals surface area contributed by atoms with Crippen molar-refractivity contribution in [2.45, 2.75) is 25.3 Å². The van der Waals surface area contributed by atoms with Gasteiger partial charge in [-0.2, -0.15) is 0 Å². The number of rotatable bonds is 4. The number of carbonyl (C=O) groups is 2. The lowest BCUT2D eigenvalue weighted by molar-refractivity contribution is -0.126. The van der Waals surface area contributed by atoms with Gasteiger partial charge < -0.3 is 0 Å². The summed E-state index contributed by atoms with van der Waals surface area (Å²) >= 11 is 0. The molecule has 3 nitrogen and oxygen atoms in total. The summed E-state index contributed by atoms with van der Waals surface area (Å²) in [5.74, 6) is -0.265. The second-order valence-corrected chi connectivity index (χ2v) is 6.89. The van der Waals surface area contributed by atoms with Crippen molar-refractivity contribution >= 4 is 11.8 Å². The van der Waals surface area contributed by atoms with E-state index < -0.39 is 0 Å². The molecule has 0 spiro atoms. The van der Waals surface area contributed by atoms with Gasteiger partial charge in [-0.25, -0.2) is 0 Å². The molecule has 2 amide bonds. The minimum atomic E-state index is -0.191. The van der Waals surface area contributed by atoms with Gasteiger partial charge in [0.2, 0.25) is 5.91 Å². The van der Waals surface area contributed by atoms with Gasteiger partial charge in [0.05, 0.1) is 0 Å². The van der Waals surface area contributed by atoms with Gasteiger partial charge in [-0.3, -0.25) is 14.5 Å². The number of benzene rings is 3. The van der Waals surface area contributed by atoms with E-state index in [0.717, 1.165) is 12.0 Å². The number of amides is 2. The van der Waals surface area contributed by atoms with Gasteiger partial charge in [-0.1, -0.05) is 72.8 Å². The predicted molar refractivity (Wildman–Crippen MR) is 106 cm³/mol. The van der Waals surface area contributed by atoms with Crippen LogP contribution in [-0.2, 0) is 11.2 Å². The second-order valence-electron chi connectivity index (χ2n) is 6.89. The Morgan fingerprint density at radius 1 is 0.815 bits per heavy atom. The van der Waals surface area contributed by atoms with Gasteiger partial charge in [-0.15, -0.1) is 0 Å². The highest BCUT2D eigenvalue weighted by Crippen LogP contribution is 2.26. The maximum atomic E-state index is 12.8. The maximum absolute atomic E-state index is 12.8. The standard InChI is InChI=1S/C24H21NO2/c26-23-16-15-22(25(23)24(27)21-9-5-2-6-10-21)17-18-11-13-20(14-12-18)19-7-3-1-4-8-19/h1-14,22H,15-17H2. The summed E-state index contributed by atoms with van der Waals surface area (Å²) in [5, 5.41) is 0. The van der Waals surface area contributed by atoms with E-state index in [-0.39, 0.29) is 17.9 Å². The first-order chi connectivity index (χ1) is 13.2.